The Morgan fingerprint density at radius 2 is 1.86 bits per heavy atom. The number of hydrogen-bond acceptors (Lipinski definition) is 6. The molecule has 21 heavy (non-hydrogen) atoms. The number of carboxylic acid groups (broad SMARTS) is 1. The zero-order valence-corrected chi connectivity index (χ0v) is 14.8. The number of aromatic nitrogens is 1. The highest BCUT2D eigenvalue weighted by Crippen LogP contribution is 2.37. The summed E-state index contributed by atoms with van der Waals surface area (Å²) in [5.41, 5.74) is 0.0114. The van der Waals surface area contributed by atoms with Gasteiger partial charge in [-0.25, -0.2) is 4.98 Å². The van der Waals surface area contributed by atoms with Crippen LogP contribution in [0.1, 0.15) is 45.2 Å². The smallest absolute Gasteiger partial charge is 0.322 e. The molecule has 1 aromatic heterocycles. The van der Waals surface area contributed by atoms with Gasteiger partial charge in [-0.1, -0.05) is 11.8 Å². The van der Waals surface area contributed by atoms with Crippen LogP contribution in [0.3, 0.4) is 0 Å². The van der Waals surface area contributed by atoms with Gasteiger partial charge in [0.1, 0.15) is 10.3 Å². The summed E-state index contributed by atoms with van der Waals surface area (Å²) in [7, 11) is 0. The van der Waals surface area contributed by atoms with Crippen LogP contribution in [0.5, 0.6) is 0 Å². The van der Waals surface area contributed by atoms with Crippen molar-refractivity contribution >= 4 is 35.0 Å². The number of carbonyl (C=O) groups is 2. The standard InChI is InChI=1S/C14H21NO4S2/c1-8-9(7-10(16)17)15-12(20-8)21-14(5,6)11(18)19-13(2,3)4/h7H2,1-6H3,(H,16,17). The molecule has 1 N–H and O–H groups in total. The minimum Gasteiger partial charge on any atom is -0.481 e. The number of carboxylic acids is 1. The second-order valence-electron chi connectivity index (χ2n) is 6.17. The molecule has 1 rings (SSSR count). The number of thioether (sulfide) groups is 1. The molecule has 1 aromatic rings. The molecular formula is C14H21NO4S2. The molecule has 1 heterocycles. The van der Waals surface area contributed by atoms with E-state index in [2.05, 4.69) is 4.98 Å². The topological polar surface area (TPSA) is 76.5 Å². The zero-order chi connectivity index (χ0) is 16.4. The molecule has 0 unspecified atom stereocenters. The van der Waals surface area contributed by atoms with Gasteiger partial charge in [0, 0.05) is 4.88 Å². The molecule has 7 heteroatoms. The molecule has 0 aliphatic rings. The lowest BCUT2D eigenvalue weighted by molar-refractivity contribution is -0.156. The largest absolute Gasteiger partial charge is 0.481 e. The van der Waals surface area contributed by atoms with Crippen molar-refractivity contribution in [3.8, 4) is 0 Å². The van der Waals surface area contributed by atoms with Crippen LogP contribution in [-0.4, -0.2) is 32.4 Å². The summed E-state index contributed by atoms with van der Waals surface area (Å²) in [6.45, 7) is 10.9. The molecular weight excluding hydrogens is 310 g/mol. The predicted molar refractivity (Wildman–Crippen MR) is 84.0 cm³/mol. The van der Waals surface area contributed by atoms with Gasteiger partial charge in [0.05, 0.1) is 12.1 Å². The van der Waals surface area contributed by atoms with Crippen molar-refractivity contribution in [3.05, 3.63) is 10.6 Å². The summed E-state index contributed by atoms with van der Waals surface area (Å²) in [5, 5.41) is 8.83. The first-order valence-corrected chi connectivity index (χ1v) is 8.14. The minimum atomic E-state index is -0.911. The third kappa shape index (κ3) is 5.67. The molecule has 0 aromatic carbocycles. The van der Waals surface area contributed by atoms with Crippen LogP contribution in [0.15, 0.2) is 4.34 Å². The summed E-state index contributed by atoms with van der Waals surface area (Å²) in [6.07, 6.45) is -0.101. The molecule has 0 saturated carbocycles. The Labute approximate surface area is 133 Å². The normalized spacial score (nSPS) is 12.3. The van der Waals surface area contributed by atoms with Crippen LogP contribution in [0.25, 0.3) is 0 Å². The lowest BCUT2D eigenvalue weighted by atomic mass is 10.1. The Morgan fingerprint density at radius 3 is 2.33 bits per heavy atom. The molecule has 0 spiro atoms. The molecule has 0 atom stereocenters. The molecule has 5 nitrogen and oxygen atoms in total. The number of nitrogens with zero attached hydrogens (tertiary/aromatic N) is 1. The highest BCUT2D eigenvalue weighted by Gasteiger charge is 2.35. The van der Waals surface area contributed by atoms with E-state index in [0.29, 0.717) is 10.0 Å². The predicted octanol–water partition coefficient (Wildman–Crippen LogP) is 3.29. The SMILES string of the molecule is Cc1sc(SC(C)(C)C(=O)OC(C)(C)C)nc1CC(=O)O. The number of aliphatic carboxylic acids is 1. The number of aryl methyl sites for hydroxylation is 1. The van der Waals surface area contributed by atoms with Crippen molar-refractivity contribution in [1.82, 2.24) is 4.98 Å². The van der Waals surface area contributed by atoms with E-state index in [1.165, 1.54) is 23.1 Å². The van der Waals surface area contributed by atoms with Crippen molar-refractivity contribution in [2.45, 2.75) is 62.7 Å². The van der Waals surface area contributed by atoms with E-state index in [1.807, 2.05) is 27.7 Å². The number of carbonyl (C=O) groups excluding carboxylic acids is 1. The summed E-state index contributed by atoms with van der Waals surface area (Å²) in [6, 6.07) is 0. The average Bonchev–Trinajstić information content (AvgIpc) is 2.54. The summed E-state index contributed by atoms with van der Waals surface area (Å²) < 4.78 is 5.30. The monoisotopic (exact) mass is 331 g/mol. The minimum absolute atomic E-state index is 0.101. The first-order chi connectivity index (χ1) is 9.40. The van der Waals surface area contributed by atoms with Crippen molar-refractivity contribution < 1.29 is 19.4 Å². The first kappa shape index (κ1) is 18.0. The van der Waals surface area contributed by atoms with E-state index >= 15 is 0 Å². The highest BCUT2D eigenvalue weighted by atomic mass is 32.2. The summed E-state index contributed by atoms with van der Waals surface area (Å²) in [4.78, 5) is 28.1. The second kappa shape index (κ2) is 6.36. The average molecular weight is 331 g/mol. The number of hydrogen-bond donors (Lipinski definition) is 1. The maximum absolute atomic E-state index is 12.2. The number of ether oxygens (including phenoxy) is 1. The zero-order valence-electron chi connectivity index (χ0n) is 13.1. The molecule has 0 radical (unpaired) electrons. The number of thiazole rings is 1. The van der Waals surface area contributed by atoms with Crippen LogP contribution in [0.2, 0.25) is 0 Å². The fraction of sp³-hybridized carbons (Fsp3) is 0.643. The highest BCUT2D eigenvalue weighted by molar-refractivity contribution is 8.03. The fourth-order valence-corrected chi connectivity index (χ4v) is 3.95. The van der Waals surface area contributed by atoms with Crippen molar-refractivity contribution in [2.24, 2.45) is 0 Å². The van der Waals surface area contributed by atoms with E-state index in [9.17, 15) is 9.59 Å². The van der Waals surface area contributed by atoms with Gasteiger partial charge in [0.15, 0.2) is 4.34 Å². The van der Waals surface area contributed by atoms with Crippen molar-refractivity contribution in [1.29, 1.82) is 0 Å². The molecule has 0 aliphatic carbocycles. The number of esters is 1. The van der Waals surface area contributed by atoms with Gasteiger partial charge in [-0.05, 0) is 41.5 Å². The van der Waals surface area contributed by atoms with Crippen LogP contribution in [0, 0.1) is 6.92 Å². The van der Waals surface area contributed by atoms with Gasteiger partial charge >= 0.3 is 11.9 Å². The Morgan fingerprint density at radius 1 is 1.29 bits per heavy atom. The van der Waals surface area contributed by atoms with E-state index < -0.39 is 16.3 Å². The quantitative estimate of drug-likeness (QED) is 0.659. The van der Waals surface area contributed by atoms with Gasteiger partial charge < -0.3 is 9.84 Å². The molecule has 118 valence electrons. The van der Waals surface area contributed by atoms with Gasteiger partial charge in [0.25, 0.3) is 0 Å². The molecule has 0 saturated heterocycles. The lowest BCUT2D eigenvalue weighted by Crippen LogP contribution is -2.36. The maximum Gasteiger partial charge on any atom is 0.322 e. The number of rotatable bonds is 5. The van der Waals surface area contributed by atoms with Gasteiger partial charge in [0.2, 0.25) is 0 Å². The first-order valence-electron chi connectivity index (χ1n) is 6.51. The lowest BCUT2D eigenvalue weighted by Gasteiger charge is -2.27. The fourth-order valence-electron chi connectivity index (χ4n) is 1.41. The summed E-state index contributed by atoms with van der Waals surface area (Å²) in [5.74, 6) is -1.22. The molecule has 0 bridgehead atoms. The maximum atomic E-state index is 12.2. The second-order valence-corrected chi connectivity index (χ2v) is 9.24. The van der Waals surface area contributed by atoms with Crippen LogP contribution in [0.4, 0.5) is 0 Å². The van der Waals surface area contributed by atoms with Gasteiger partial charge in [-0.3, -0.25) is 9.59 Å². The van der Waals surface area contributed by atoms with E-state index in [-0.39, 0.29) is 12.4 Å². The van der Waals surface area contributed by atoms with Crippen LogP contribution in [-0.2, 0) is 20.7 Å². The van der Waals surface area contributed by atoms with E-state index in [4.69, 9.17) is 9.84 Å². The molecule has 0 amide bonds. The van der Waals surface area contributed by atoms with Gasteiger partial charge in [-0.2, -0.15) is 0 Å². The Hall–Kier alpha value is -1.08. The Balaban J connectivity index is 2.84. The summed E-state index contributed by atoms with van der Waals surface area (Å²) >= 11 is 2.70. The Bertz CT molecular complexity index is 544. The van der Waals surface area contributed by atoms with E-state index in [1.54, 1.807) is 13.8 Å². The van der Waals surface area contributed by atoms with Crippen LogP contribution >= 0.6 is 23.1 Å². The van der Waals surface area contributed by atoms with E-state index in [0.717, 1.165) is 4.88 Å². The third-order valence-corrected chi connectivity index (χ3v) is 4.68. The van der Waals surface area contributed by atoms with Crippen molar-refractivity contribution in [3.63, 3.8) is 0 Å². The van der Waals surface area contributed by atoms with Crippen molar-refractivity contribution in [2.75, 3.05) is 0 Å². The molecule has 0 fully saturated rings. The Kier molecular flexibility index (Phi) is 5.44. The third-order valence-electron chi connectivity index (χ3n) is 2.42. The van der Waals surface area contributed by atoms with Crippen LogP contribution < -0.4 is 0 Å². The molecule has 0 aliphatic heterocycles. The van der Waals surface area contributed by atoms with Gasteiger partial charge in [-0.15, -0.1) is 11.3 Å².